The zero-order chi connectivity index (χ0) is 15.4. The van der Waals surface area contributed by atoms with Crippen molar-refractivity contribution in [3.63, 3.8) is 0 Å². The number of rotatable bonds is 4. The second-order valence-electron chi connectivity index (χ2n) is 5.12. The van der Waals surface area contributed by atoms with Gasteiger partial charge in [0.15, 0.2) is 0 Å². The summed E-state index contributed by atoms with van der Waals surface area (Å²) < 4.78 is 26.5. The van der Waals surface area contributed by atoms with Crippen LogP contribution in [0.3, 0.4) is 0 Å². The molecule has 2 rings (SSSR count). The Hall–Kier alpha value is -2.23. The van der Waals surface area contributed by atoms with Crippen LogP contribution in [0.15, 0.2) is 42.5 Å². The molecule has 0 bridgehead atoms. The van der Waals surface area contributed by atoms with Gasteiger partial charge in [-0.25, -0.2) is 8.78 Å². The number of nitrogens with one attached hydrogen (secondary N) is 1. The fourth-order valence-electron chi connectivity index (χ4n) is 2.11. The molecule has 4 heteroatoms. The third kappa shape index (κ3) is 4.12. The van der Waals surface area contributed by atoms with Gasteiger partial charge in [-0.15, -0.1) is 0 Å². The molecule has 0 spiro atoms. The number of aryl methyl sites for hydroxylation is 1. The minimum atomic E-state index is -0.655. The van der Waals surface area contributed by atoms with Gasteiger partial charge in [0.2, 0.25) is 5.91 Å². The molecular formula is C17H17F2NO. The van der Waals surface area contributed by atoms with Gasteiger partial charge in [0.05, 0.1) is 12.5 Å². The van der Waals surface area contributed by atoms with Crippen molar-refractivity contribution >= 4 is 5.91 Å². The van der Waals surface area contributed by atoms with E-state index in [1.807, 2.05) is 31.2 Å². The molecule has 2 aromatic rings. The molecule has 0 fully saturated rings. The lowest BCUT2D eigenvalue weighted by Gasteiger charge is -2.15. The Balaban J connectivity index is 2.00. The highest BCUT2D eigenvalue weighted by Crippen LogP contribution is 2.17. The van der Waals surface area contributed by atoms with Crippen LogP contribution in [0.1, 0.15) is 29.7 Å². The van der Waals surface area contributed by atoms with Crippen LogP contribution in [0.5, 0.6) is 0 Å². The molecule has 0 aromatic heterocycles. The van der Waals surface area contributed by atoms with Crippen molar-refractivity contribution in [3.05, 3.63) is 70.8 Å². The van der Waals surface area contributed by atoms with E-state index in [0.29, 0.717) is 0 Å². The van der Waals surface area contributed by atoms with E-state index in [0.717, 1.165) is 17.2 Å². The largest absolute Gasteiger partial charge is 0.349 e. The van der Waals surface area contributed by atoms with Crippen LogP contribution in [0, 0.1) is 18.6 Å². The zero-order valence-electron chi connectivity index (χ0n) is 12.0. The molecule has 21 heavy (non-hydrogen) atoms. The van der Waals surface area contributed by atoms with E-state index in [1.54, 1.807) is 6.92 Å². The van der Waals surface area contributed by atoms with E-state index in [2.05, 4.69) is 5.32 Å². The number of benzene rings is 2. The van der Waals surface area contributed by atoms with Crippen molar-refractivity contribution in [2.24, 2.45) is 0 Å². The molecule has 0 saturated heterocycles. The summed E-state index contributed by atoms with van der Waals surface area (Å²) in [6.45, 7) is 3.65. The topological polar surface area (TPSA) is 29.1 Å². The third-order valence-corrected chi connectivity index (χ3v) is 3.29. The number of hydrogen-bond donors (Lipinski definition) is 1. The van der Waals surface area contributed by atoms with Crippen LogP contribution >= 0.6 is 0 Å². The quantitative estimate of drug-likeness (QED) is 0.913. The van der Waals surface area contributed by atoms with Gasteiger partial charge in [-0.1, -0.05) is 35.9 Å². The maximum Gasteiger partial charge on any atom is 0.224 e. The average Bonchev–Trinajstić information content (AvgIpc) is 2.41. The minimum Gasteiger partial charge on any atom is -0.349 e. The van der Waals surface area contributed by atoms with E-state index >= 15 is 0 Å². The second kappa shape index (κ2) is 6.48. The van der Waals surface area contributed by atoms with E-state index < -0.39 is 17.7 Å². The second-order valence-corrected chi connectivity index (χ2v) is 5.12. The van der Waals surface area contributed by atoms with Crippen LogP contribution in [0.4, 0.5) is 8.78 Å². The van der Waals surface area contributed by atoms with Gasteiger partial charge < -0.3 is 5.32 Å². The first-order valence-corrected chi connectivity index (χ1v) is 6.75. The van der Waals surface area contributed by atoms with E-state index in [9.17, 15) is 13.6 Å². The molecule has 2 nitrogen and oxygen atoms in total. The van der Waals surface area contributed by atoms with E-state index in [1.165, 1.54) is 12.1 Å². The number of halogens is 2. The van der Waals surface area contributed by atoms with Crippen LogP contribution in [0.25, 0.3) is 0 Å². The third-order valence-electron chi connectivity index (χ3n) is 3.29. The van der Waals surface area contributed by atoms with Crippen molar-refractivity contribution in [3.8, 4) is 0 Å². The molecule has 1 amide bonds. The molecule has 0 aliphatic carbocycles. The Morgan fingerprint density at radius 3 is 2.43 bits per heavy atom. The molecule has 0 unspecified atom stereocenters. The van der Waals surface area contributed by atoms with Gasteiger partial charge in [0, 0.05) is 11.6 Å². The lowest BCUT2D eigenvalue weighted by atomic mass is 10.1. The van der Waals surface area contributed by atoms with Crippen molar-refractivity contribution in [1.29, 1.82) is 0 Å². The monoisotopic (exact) mass is 289 g/mol. The number of carbonyl (C=O) groups excluding carboxylic acids is 1. The first kappa shape index (κ1) is 15.2. The first-order valence-electron chi connectivity index (χ1n) is 6.75. The highest BCUT2D eigenvalue weighted by Gasteiger charge is 2.14. The van der Waals surface area contributed by atoms with Crippen molar-refractivity contribution in [2.75, 3.05) is 0 Å². The molecule has 0 heterocycles. The van der Waals surface area contributed by atoms with Gasteiger partial charge in [-0.3, -0.25) is 4.79 Å². The van der Waals surface area contributed by atoms with Gasteiger partial charge in [0.1, 0.15) is 11.6 Å². The molecule has 0 radical (unpaired) electrons. The summed E-state index contributed by atoms with van der Waals surface area (Å²) >= 11 is 0. The van der Waals surface area contributed by atoms with Crippen LogP contribution in [0.2, 0.25) is 0 Å². The summed E-state index contributed by atoms with van der Waals surface area (Å²) in [6.07, 6.45) is 0.230. The van der Waals surface area contributed by atoms with E-state index in [-0.39, 0.29) is 17.9 Å². The lowest BCUT2D eigenvalue weighted by Crippen LogP contribution is -2.28. The Morgan fingerprint density at radius 2 is 1.81 bits per heavy atom. The Labute approximate surface area is 122 Å². The molecule has 2 aromatic carbocycles. The van der Waals surface area contributed by atoms with Gasteiger partial charge in [-0.2, -0.15) is 0 Å². The molecule has 0 aliphatic rings. The first-order chi connectivity index (χ1) is 9.95. The van der Waals surface area contributed by atoms with E-state index in [4.69, 9.17) is 0 Å². The van der Waals surface area contributed by atoms with Gasteiger partial charge >= 0.3 is 0 Å². The molecule has 0 aliphatic heterocycles. The van der Waals surface area contributed by atoms with Crippen LogP contribution < -0.4 is 5.32 Å². The van der Waals surface area contributed by atoms with Crippen molar-refractivity contribution < 1.29 is 13.6 Å². The molecule has 110 valence electrons. The maximum atomic E-state index is 13.6. The standard InChI is InChI=1S/C17H17F2NO/c1-11-3-5-13(6-4-11)9-17(21)20-12(2)15-8-7-14(18)10-16(15)19/h3-8,10,12H,9H2,1-2H3,(H,20,21)/t12-/m0/s1. The zero-order valence-corrected chi connectivity index (χ0v) is 12.0. The summed E-state index contributed by atoms with van der Waals surface area (Å²) in [7, 11) is 0. The van der Waals surface area contributed by atoms with Crippen LogP contribution in [-0.2, 0) is 11.2 Å². The predicted molar refractivity (Wildman–Crippen MR) is 77.8 cm³/mol. The SMILES string of the molecule is Cc1ccc(CC(=O)N[C@@H](C)c2ccc(F)cc2F)cc1. The highest BCUT2D eigenvalue weighted by atomic mass is 19.1. The summed E-state index contributed by atoms with van der Waals surface area (Å²) in [5.74, 6) is -1.48. The molecule has 1 N–H and O–H groups in total. The van der Waals surface area contributed by atoms with Crippen molar-refractivity contribution in [1.82, 2.24) is 5.32 Å². The Kier molecular flexibility index (Phi) is 4.68. The smallest absolute Gasteiger partial charge is 0.224 e. The average molecular weight is 289 g/mol. The van der Waals surface area contributed by atoms with Gasteiger partial charge in [0.25, 0.3) is 0 Å². The highest BCUT2D eigenvalue weighted by molar-refractivity contribution is 5.79. The number of carbonyl (C=O) groups is 1. The minimum absolute atomic E-state index is 0.199. The molecule has 1 atom stereocenters. The fraction of sp³-hybridized carbons (Fsp3) is 0.235. The summed E-state index contributed by atoms with van der Waals surface area (Å²) in [5, 5.41) is 2.72. The Morgan fingerprint density at radius 1 is 1.14 bits per heavy atom. The van der Waals surface area contributed by atoms with Crippen LogP contribution in [-0.4, -0.2) is 5.91 Å². The lowest BCUT2D eigenvalue weighted by molar-refractivity contribution is -0.121. The summed E-state index contributed by atoms with van der Waals surface area (Å²) in [4.78, 5) is 12.0. The maximum absolute atomic E-state index is 13.6. The van der Waals surface area contributed by atoms with Crippen molar-refractivity contribution in [2.45, 2.75) is 26.3 Å². The molecule has 0 saturated carbocycles. The summed E-state index contributed by atoms with van der Waals surface area (Å²) in [5.41, 5.74) is 2.29. The predicted octanol–water partition coefficient (Wildman–Crippen LogP) is 3.69. The molecular weight excluding hydrogens is 272 g/mol. The normalized spacial score (nSPS) is 12.0. The number of amides is 1. The van der Waals surface area contributed by atoms with Gasteiger partial charge in [-0.05, 0) is 25.5 Å². The summed E-state index contributed by atoms with van der Waals surface area (Å²) in [6, 6.07) is 10.5. The Bertz CT molecular complexity index is 638. The number of hydrogen-bond acceptors (Lipinski definition) is 1. The fourth-order valence-corrected chi connectivity index (χ4v) is 2.11.